The standard InChI is InChI=1S/C12H10ClN3O4/c1-7-14-11(13)6-12(15-7)20-10-4-3-8(19-2)5-9(10)16(17)18/h3-6H,1-2H3. The van der Waals surface area contributed by atoms with Crippen LogP contribution in [0.25, 0.3) is 0 Å². The second kappa shape index (κ2) is 5.70. The fraction of sp³-hybridized carbons (Fsp3) is 0.167. The summed E-state index contributed by atoms with van der Waals surface area (Å²) >= 11 is 5.78. The zero-order chi connectivity index (χ0) is 14.7. The van der Waals surface area contributed by atoms with E-state index in [1.807, 2.05) is 0 Å². The smallest absolute Gasteiger partial charge is 0.315 e. The molecule has 0 aliphatic carbocycles. The number of nitrogens with zero attached hydrogens (tertiary/aromatic N) is 3. The number of nitro groups is 1. The molecule has 0 aliphatic rings. The monoisotopic (exact) mass is 295 g/mol. The van der Waals surface area contributed by atoms with Gasteiger partial charge in [0.1, 0.15) is 16.7 Å². The second-order valence-corrected chi connectivity index (χ2v) is 4.16. The van der Waals surface area contributed by atoms with Gasteiger partial charge in [0.15, 0.2) is 0 Å². The molecule has 0 fully saturated rings. The molecule has 0 bridgehead atoms. The molecule has 1 aromatic carbocycles. The molecule has 0 saturated carbocycles. The molecule has 8 heteroatoms. The van der Waals surface area contributed by atoms with Gasteiger partial charge in [0, 0.05) is 6.07 Å². The molecule has 1 aromatic heterocycles. The number of aromatic nitrogens is 2. The first kappa shape index (κ1) is 14.0. The summed E-state index contributed by atoms with van der Waals surface area (Å²) in [4.78, 5) is 18.3. The predicted molar refractivity (Wildman–Crippen MR) is 71.5 cm³/mol. The van der Waals surface area contributed by atoms with Crippen LogP contribution in [0, 0.1) is 17.0 Å². The Hall–Kier alpha value is -2.41. The maximum Gasteiger partial charge on any atom is 0.315 e. The van der Waals surface area contributed by atoms with E-state index in [-0.39, 0.29) is 22.5 Å². The summed E-state index contributed by atoms with van der Waals surface area (Å²) in [6.07, 6.45) is 0. The first-order valence-electron chi connectivity index (χ1n) is 5.51. The molecule has 2 rings (SSSR count). The van der Waals surface area contributed by atoms with Crippen molar-refractivity contribution in [2.24, 2.45) is 0 Å². The Bertz CT molecular complexity index is 643. The van der Waals surface area contributed by atoms with Gasteiger partial charge in [-0.1, -0.05) is 11.6 Å². The van der Waals surface area contributed by atoms with Gasteiger partial charge in [-0.3, -0.25) is 10.1 Å². The van der Waals surface area contributed by atoms with Gasteiger partial charge in [-0.2, -0.15) is 4.98 Å². The third-order valence-electron chi connectivity index (χ3n) is 2.36. The summed E-state index contributed by atoms with van der Waals surface area (Å²) in [6.45, 7) is 1.64. The van der Waals surface area contributed by atoms with E-state index in [9.17, 15) is 10.1 Å². The largest absolute Gasteiger partial charge is 0.496 e. The summed E-state index contributed by atoms with van der Waals surface area (Å²) in [5, 5.41) is 11.2. The summed E-state index contributed by atoms with van der Waals surface area (Å²) in [6, 6.07) is 5.63. The Morgan fingerprint density at radius 1 is 1.30 bits per heavy atom. The van der Waals surface area contributed by atoms with E-state index in [4.69, 9.17) is 21.1 Å². The van der Waals surface area contributed by atoms with Gasteiger partial charge in [-0.25, -0.2) is 4.98 Å². The van der Waals surface area contributed by atoms with Crippen LogP contribution in [-0.2, 0) is 0 Å². The number of nitro benzene ring substituents is 1. The van der Waals surface area contributed by atoms with E-state index in [1.54, 1.807) is 13.0 Å². The Morgan fingerprint density at radius 2 is 2.05 bits per heavy atom. The van der Waals surface area contributed by atoms with Crippen molar-refractivity contribution in [3.8, 4) is 17.4 Å². The van der Waals surface area contributed by atoms with Crippen LogP contribution in [0.5, 0.6) is 17.4 Å². The maximum atomic E-state index is 11.0. The maximum absolute atomic E-state index is 11.0. The molecule has 0 aliphatic heterocycles. The van der Waals surface area contributed by atoms with Crippen molar-refractivity contribution in [1.29, 1.82) is 0 Å². The first-order valence-corrected chi connectivity index (χ1v) is 5.89. The van der Waals surface area contributed by atoms with E-state index >= 15 is 0 Å². The number of hydrogen-bond donors (Lipinski definition) is 0. The van der Waals surface area contributed by atoms with Crippen molar-refractivity contribution in [3.63, 3.8) is 0 Å². The molecular formula is C12H10ClN3O4. The van der Waals surface area contributed by atoms with Gasteiger partial charge < -0.3 is 9.47 Å². The Labute approximate surface area is 119 Å². The van der Waals surface area contributed by atoms with Crippen LogP contribution in [0.4, 0.5) is 5.69 Å². The van der Waals surface area contributed by atoms with E-state index in [0.717, 1.165) is 0 Å². The number of aryl methyl sites for hydroxylation is 1. The highest BCUT2D eigenvalue weighted by Gasteiger charge is 2.18. The molecule has 0 unspecified atom stereocenters. The number of halogens is 1. The lowest BCUT2D eigenvalue weighted by molar-refractivity contribution is -0.385. The average molecular weight is 296 g/mol. The predicted octanol–water partition coefficient (Wildman–Crippen LogP) is 3.15. The van der Waals surface area contributed by atoms with E-state index in [2.05, 4.69) is 9.97 Å². The zero-order valence-electron chi connectivity index (χ0n) is 10.7. The van der Waals surface area contributed by atoms with Crippen molar-refractivity contribution in [3.05, 3.63) is 45.4 Å². The van der Waals surface area contributed by atoms with Gasteiger partial charge >= 0.3 is 5.69 Å². The van der Waals surface area contributed by atoms with Crippen LogP contribution in [0.2, 0.25) is 5.15 Å². The molecule has 7 nitrogen and oxygen atoms in total. The van der Waals surface area contributed by atoms with Crippen LogP contribution in [0.15, 0.2) is 24.3 Å². The molecule has 1 heterocycles. The lowest BCUT2D eigenvalue weighted by Gasteiger charge is -2.07. The van der Waals surface area contributed by atoms with Gasteiger partial charge in [0.2, 0.25) is 11.6 Å². The van der Waals surface area contributed by atoms with Crippen molar-refractivity contribution in [2.75, 3.05) is 7.11 Å². The summed E-state index contributed by atoms with van der Waals surface area (Å²) in [5.74, 6) is 0.949. The molecule has 0 amide bonds. The summed E-state index contributed by atoms with van der Waals surface area (Å²) < 4.78 is 10.3. The van der Waals surface area contributed by atoms with Crippen LogP contribution < -0.4 is 9.47 Å². The first-order chi connectivity index (χ1) is 9.49. The number of benzene rings is 1. The van der Waals surface area contributed by atoms with Crippen molar-refractivity contribution in [2.45, 2.75) is 6.92 Å². The number of methoxy groups -OCH3 is 1. The number of ether oxygens (including phenoxy) is 2. The van der Waals surface area contributed by atoms with Crippen molar-refractivity contribution >= 4 is 17.3 Å². The second-order valence-electron chi connectivity index (χ2n) is 3.77. The fourth-order valence-corrected chi connectivity index (χ4v) is 1.74. The number of hydrogen-bond acceptors (Lipinski definition) is 6. The zero-order valence-corrected chi connectivity index (χ0v) is 11.4. The fourth-order valence-electron chi connectivity index (χ4n) is 1.52. The lowest BCUT2D eigenvalue weighted by Crippen LogP contribution is -1.97. The van der Waals surface area contributed by atoms with Crippen LogP contribution in [0.1, 0.15) is 5.82 Å². The molecule has 0 radical (unpaired) electrons. The lowest BCUT2D eigenvalue weighted by atomic mass is 10.3. The van der Waals surface area contributed by atoms with Crippen molar-refractivity contribution in [1.82, 2.24) is 9.97 Å². The molecule has 0 saturated heterocycles. The summed E-state index contributed by atoms with van der Waals surface area (Å²) in [7, 11) is 1.42. The average Bonchev–Trinajstić information content (AvgIpc) is 2.37. The highest BCUT2D eigenvalue weighted by atomic mass is 35.5. The minimum Gasteiger partial charge on any atom is -0.496 e. The third-order valence-corrected chi connectivity index (χ3v) is 2.55. The van der Waals surface area contributed by atoms with Crippen LogP contribution >= 0.6 is 11.6 Å². The molecule has 0 atom stereocenters. The highest BCUT2D eigenvalue weighted by molar-refractivity contribution is 6.29. The van der Waals surface area contributed by atoms with Crippen molar-refractivity contribution < 1.29 is 14.4 Å². The van der Waals surface area contributed by atoms with E-state index < -0.39 is 4.92 Å². The van der Waals surface area contributed by atoms with E-state index in [0.29, 0.717) is 11.6 Å². The van der Waals surface area contributed by atoms with E-state index in [1.165, 1.54) is 25.3 Å². The molecule has 0 N–H and O–H groups in total. The van der Waals surface area contributed by atoms with Crippen LogP contribution in [0.3, 0.4) is 0 Å². The van der Waals surface area contributed by atoms with Gasteiger partial charge in [-0.15, -0.1) is 0 Å². The van der Waals surface area contributed by atoms with Gasteiger partial charge in [-0.05, 0) is 19.1 Å². The summed E-state index contributed by atoms with van der Waals surface area (Å²) in [5.41, 5.74) is -0.225. The topological polar surface area (TPSA) is 87.4 Å². The Balaban J connectivity index is 2.39. The Morgan fingerprint density at radius 3 is 2.65 bits per heavy atom. The highest BCUT2D eigenvalue weighted by Crippen LogP contribution is 2.34. The molecule has 0 spiro atoms. The number of rotatable bonds is 4. The molecule has 20 heavy (non-hydrogen) atoms. The normalized spacial score (nSPS) is 10.2. The van der Waals surface area contributed by atoms with Gasteiger partial charge in [0.05, 0.1) is 18.1 Å². The Kier molecular flexibility index (Phi) is 3.99. The molecular weight excluding hydrogens is 286 g/mol. The van der Waals surface area contributed by atoms with Crippen LogP contribution in [-0.4, -0.2) is 22.0 Å². The quantitative estimate of drug-likeness (QED) is 0.489. The third kappa shape index (κ3) is 3.12. The molecule has 2 aromatic rings. The minimum absolute atomic E-state index is 0.0463. The minimum atomic E-state index is -0.562. The molecule has 104 valence electrons. The SMILES string of the molecule is COc1ccc(Oc2cc(Cl)nc(C)n2)c([N+](=O)[O-])c1. The van der Waals surface area contributed by atoms with Gasteiger partial charge in [0.25, 0.3) is 0 Å².